The molecule has 0 aliphatic carbocycles. The van der Waals surface area contributed by atoms with E-state index in [2.05, 4.69) is 9.97 Å². The minimum atomic E-state index is 0.386. The highest BCUT2D eigenvalue weighted by atomic mass is 35.5. The minimum absolute atomic E-state index is 0.386. The van der Waals surface area contributed by atoms with E-state index in [1.54, 1.807) is 0 Å². The zero-order valence-electron chi connectivity index (χ0n) is 11.4. The van der Waals surface area contributed by atoms with Gasteiger partial charge < -0.3 is 0 Å². The Morgan fingerprint density at radius 3 is 2.33 bits per heavy atom. The topological polar surface area (TPSA) is 25.8 Å². The molecule has 106 valence electrons. The number of hydrogen-bond acceptors (Lipinski definition) is 2. The lowest BCUT2D eigenvalue weighted by Crippen LogP contribution is -1.93. The fourth-order valence-electron chi connectivity index (χ4n) is 2.15. The Bertz CT molecular complexity index is 860. The van der Waals surface area contributed by atoms with Crippen molar-refractivity contribution in [1.29, 1.82) is 0 Å². The highest BCUT2D eigenvalue weighted by molar-refractivity contribution is 6.38. The SMILES string of the molecule is Cc1cc(Cl)c2nc(-c3ccc(C)c(Cl)c3)nc(Cl)c2c1. The van der Waals surface area contributed by atoms with E-state index >= 15 is 0 Å². The molecule has 0 amide bonds. The average Bonchev–Trinajstić information content (AvgIpc) is 2.43. The number of aromatic nitrogens is 2. The molecule has 0 N–H and O–H groups in total. The molecule has 0 aliphatic heterocycles. The maximum atomic E-state index is 6.28. The zero-order chi connectivity index (χ0) is 15.1. The summed E-state index contributed by atoms with van der Waals surface area (Å²) in [6, 6.07) is 9.46. The lowest BCUT2D eigenvalue weighted by molar-refractivity contribution is 1.22. The number of rotatable bonds is 1. The van der Waals surface area contributed by atoms with Crippen molar-refractivity contribution in [2.45, 2.75) is 13.8 Å². The van der Waals surface area contributed by atoms with Crippen LogP contribution in [-0.4, -0.2) is 9.97 Å². The van der Waals surface area contributed by atoms with Crippen molar-refractivity contribution in [3.63, 3.8) is 0 Å². The molecule has 0 spiro atoms. The van der Waals surface area contributed by atoms with Gasteiger partial charge in [0.2, 0.25) is 0 Å². The first-order valence-electron chi connectivity index (χ1n) is 6.35. The van der Waals surface area contributed by atoms with Crippen LogP contribution in [-0.2, 0) is 0 Å². The molecule has 0 bridgehead atoms. The Labute approximate surface area is 137 Å². The van der Waals surface area contributed by atoms with Gasteiger partial charge in [-0.15, -0.1) is 0 Å². The van der Waals surface area contributed by atoms with Gasteiger partial charge in [-0.2, -0.15) is 0 Å². The largest absolute Gasteiger partial charge is 0.226 e. The van der Waals surface area contributed by atoms with E-state index in [-0.39, 0.29) is 0 Å². The van der Waals surface area contributed by atoms with Gasteiger partial charge in [0.05, 0.1) is 10.5 Å². The number of halogens is 3. The third kappa shape index (κ3) is 2.71. The first kappa shape index (κ1) is 14.6. The van der Waals surface area contributed by atoms with Gasteiger partial charge in [0, 0.05) is 16.0 Å². The van der Waals surface area contributed by atoms with E-state index in [0.29, 0.717) is 26.5 Å². The molecule has 0 radical (unpaired) electrons. The maximum Gasteiger partial charge on any atom is 0.161 e. The molecule has 2 aromatic carbocycles. The molecule has 2 nitrogen and oxygen atoms in total. The molecule has 0 fully saturated rings. The number of fused-ring (bicyclic) bond motifs is 1. The molecule has 1 aromatic heterocycles. The van der Waals surface area contributed by atoms with Gasteiger partial charge in [0.25, 0.3) is 0 Å². The third-order valence-corrected chi connectivity index (χ3v) is 4.27. The standard InChI is InChI=1S/C16H11Cl3N2/c1-8-5-11-14(13(18)6-8)20-16(21-15(11)19)10-4-3-9(2)12(17)7-10/h3-7H,1-2H3. The van der Waals surface area contributed by atoms with Crippen LogP contribution in [0, 0.1) is 13.8 Å². The molecule has 0 unspecified atom stereocenters. The lowest BCUT2D eigenvalue weighted by atomic mass is 10.1. The molecule has 1 heterocycles. The normalized spacial score (nSPS) is 11.1. The molecule has 0 atom stereocenters. The van der Waals surface area contributed by atoms with Gasteiger partial charge in [-0.1, -0.05) is 46.9 Å². The Morgan fingerprint density at radius 2 is 1.62 bits per heavy atom. The molecular formula is C16H11Cl3N2. The second kappa shape index (κ2) is 5.45. The monoisotopic (exact) mass is 336 g/mol. The van der Waals surface area contributed by atoms with Crippen LogP contribution in [0.2, 0.25) is 15.2 Å². The molecule has 5 heteroatoms. The second-order valence-electron chi connectivity index (χ2n) is 4.94. The van der Waals surface area contributed by atoms with Crippen LogP contribution in [0.5, 0.6) is 0 Å². The number of benzene rings is 2. The molecule has 0 saturated carbocycles. The van der Waals surface area contributed by atoms with Gasteiger partial charge in [-0.25, -0.2) is 9.97 Å². The molecule has 21 heavy (non-hydrogen) atoms. The molecule has 0 aliphatic rings. The molecule has 0 saturated heterocycles. The fourth-order valence-corrected chi connectivity index (χ4v) is 2.87. The number of nitrogens with zero attached hydrogens (tertiary/aromatic N) is 2. The summed E-state index contributed by atoms with van der Waals surface area (Å²) < 4.78 is 0. The van der Waals surface area contributed by atoms with E-state index in [4.69, 9.17) is 34.8 Å². The quantitative estimate of drug-likeness (QED) is 0.519. The fraction of sp³-hybridized carbons (Fsp3) is 0.125. The highest BCUT2D eigenvalue weighted by Crippen LogP contribution is 2.31. The average molecular weight is 338 g/mol. The smallest absolute Gasteiger partial charge is 0.161 e. The van der Waals surface area contributed by atoms with Crippen LogP contribution < -0.4 is 0 Å². The first-order chi connectivity index (χ1) is 9.95. The third-order valence-electron chi connectivity index (χ3n) is 3.28. The Kier molecular flexibility index (Phi) is 3.78. The van der Waals surface area contributed by atoms with E-state index in [1.807, 2.05) is 44.2 Å². The van der Waals surface area contributed by atoms with Crippen LogP contribution in [0.15, 0.2) is 30.3 Å². The van der Waals surface area contributed by atoms with Crippen LogP contribution in [0.25, 0.3) is 22.3 Å². The zero-order valence-corrected chi connectivity index (χ0v) is 13.7. The van der Waals surface area contributed by atoms with Crippen molar-refractivity contribution in [3.05, 3.63) is 56.7 Å². The summed E-state index contributed by atoms with van der Waals surface area (Å²) in [4.78, 5) is 8.89. The van der Waals surface area contributed by atoms with Crippen molar-refractivity contribution in [2.75, 3.05) is 0 Å². The van der Waals surface area contributed by atoms with Crippen LogP contribution in [0.4, 0.5) is 0 Å². The summed E-state index contributed by atoms with van der Waals surface area (Å²) in [6.45, 7) is 3.90. The summed E-state index contributed by atoms with van der Waals surface area (Å²) in [5.41, 5.74) is 3.48. The molecule has 3 aromatic rings. The molecular weight excluding hydrogens is 327 g/mol. The predicted octanol–water partition coefficient (Wildman–Crippen LogP) is 5.87. The summed E-state index contributed by atoms with van der Waals surface area (Å²) in [6.07, 6.45) is 0. The van der Waals surface area contributed by atoms with Crippen molar-refractivity contribution in [3.8, 4) is 11.4 Å². The Morgan fingerprint density at radius 1 is 0.857 bits per heavy atom. The van der Waals surface area contributed by atoms with Crippen LogP contribution >= 0.6 is 34.8 Å². The van der Waals surface area contributed by atoms with E-state index < -0.39 is 0 Å². The molecule has 3 rings (SSSR count). The van der Waals surface area contributed by atoms with E-state index in [1.165, 1.54) is 0 Å². The number of hydrogen-bond donors (Lipinski definition) is 0. The van der Waals surface area contributed by atoms with Crippen LogP contribution in [0.3, 0.4) is 0 Å². The highest BCUT2D eigenvalue weighted by Gasteiger charge is 2.12. The van der Waals surface area contributed by atoms with E-state index in [9.17, 15) is 0 Å². The summed E-state index contributed by atoms with van der Waals surface area (Å²) in [5, 5.41) is 2.37. The van der Waals surface area contributed by atoms with Crippen molar-refractivity contribution >= 4 is 45.7 Å². The minimum Gasteiger partial charge on any atom is -0.226 e. The maximum absolute atomic E-state index is 6.28. The predicted molar refractivity (Wildman–Crippen MR) is 89.5 cm³/mol. The summed E-state index contributed by atoms with van der Waals surface area (Å²) in [7, 11) is 0. The first-order valence-corrected chi connectivity index (χ1v) is 7.49. The van der Waals surface area contributed by atoms with Crippen molar-refractivity contribution in [1.82, 2.24) is 9.97 Å². The van der Waals surface area contributed by atoms with Crippen LogP contribution in [0.1, 0.15) is 11.1 Å². The van der Waals surface area contributed by atoms with Gasteiger partial charge in [-0.05, 0) is 43.2 Å². The van der Waals surface area contributed by atoms with Gasteiger partial charge in [-0.3, -0.25) is 0 Å². The number of aryl methyl sites for hydroxylation is 2. The van der Waals surface area contributed by atoms with Crippen molar-refractivity contribution in [2.24, 2.45) is 0 Å². The second-order valence-corrected chi connectivity index (χ2v) is 6.12. The lowest BCUT2D eigenvalue weighted by Gasteiger charge is -2.08. The van der Waals surface area contributed by atoms with Gasteiger partial charge in [0.15, 0.2) is 5.82 Å². The summed E-state index contributed by atoms with van der Waals surface area (Å²) in [5.74, 6) is 0.514. The summed E-state index contributed by atoms with van der Waals surface area (Å²) >= 11 is 18.7. The van der Waals surface area contributed by atoms with Crippen molar-refractivity contribution < 1.29 is 0 Å². The Balaban J connectivity index is 2.27. The Hall–Kier alpha value is -1.35. The van der Waals surface area contributed by atoms with Gasteiger partial charge in [0.1, 0.15) is 5.15 Å². The van der Waals surface area contributed by atoms with Gasteiger partial charge >= 0.3 is 0 Å². The van der Waals surface area contributed by atoms with E-state index in [0.717, 1.165) is 22.1 Å².